The molecule has 3 amide bonds. The Bertz CT molecular complexity index is 1690. The molecule has 1 fully saturated rings. The fourth-order valence-corrected chi connectivity index (χ4v) is 7.15. The predicted molar refractivity (Wildman–Crippen MR) is 155 cm³/mol. The van der Waals surface area contributed by atoms with Gasteiger partial charge < -0.3 is 4.74 Å². The normalized spacial score (nSPS) is 21.4. The van der Waals surface area contributed by atoms with Gasteiger partial charge in [-0.15, -0.1) is 0 Å². The van der Waals surface area contributed by atoms with Crippen molar-refractivity contribution in [1.29, 1.82) is 0 Å². The summed E-state index contributed by atoms with van der Waals surface area (Å²) in [5.74, 6) is -3.80. The Kier molecular flexibility index (Phi) is 6.21. The molecule has 2 atom stereocenters. The first-order valence-electron chi connectivity index (χ1n) is 13.7. The monoisotopic (exact) mass is 576 g/mol. The van der Waals surface area contributed by atoms with Crippen LogP contribution in [0.5, 0.6) is 5.75 Å². The molecule has 4 aromatic rings. The lowest BCUT2D eigenvalue weighted by Gasteiger charge is -2.45. The lowest BCUT2D eigenvalue weighted by atomic mass is 9.55. The number of benzene rings is 4. The number of amides is 3. The number of rotatable bonds is 6. The van der Waals surface area contributed by atoms with Gasteiger partial charge in [0.1, 0.15) is 12.3 Å². The van der Waals surface area contributed by atoms with Crippen molar-refractivity contribution in [2.45, 2.75) is 11.8 Å². The summed E-state index contributed by atoms with van der Waals surface area (Å²) in [5.41, 5.74) is 4.43. The van der Waals surface area contributed by atoms with Crippen molar-refractivity contribution in [3.8, 4) is 5.75 Å². The van der Waals surface area contributed by atoms with Crippen molar-refractivity contribution in [3.05, 3.63) is 135 Å². The van der Waals surface area contributed by atoms with E-state index in [1.807, 2.05) is 48.5 Å². The average molecular weight is 577 g/mol. The minimum atomic E-state index is -0.709. The van der Waals surface area contributed by atoms with Gasteiger partial charge in [0.2, 0.25) is 0 Å². The Morgan fingerprint density at radius 1 is 0.762 bits per heavy atom. The first-order chi connectivity index (χ1) is 20.4. The maximum absolute atomic E-state index is 14.4. The number of carbonyl (C=O) groups is 4. The number of hydrogen-bond acceptors (Lipinski definition) is 5. The number of hydrazine groups is 1. The van der Waals surface area contributed by atoms with E-state index >= 15 is 0 Å². The van der Waals surface area contributed by atoms with Gasteiger partial charge in [0.05, 0.1) is 29.5 Å². The lowest BCUT2D eigenvalue weighted by molar-refractivity contribution is -0.154. The number of halogens is 1. The van der Waals surface area contributed by atoms with E-state index in [1.165, 1.54) is 13.2 Å². The highest BCUT2D eigenvalue weighted by Crippen LogP contribution is 2.61. The Morgan fingerprint density at radius 3 is 1.81 bits per heavy atom. The Labute approximate surface area is 247 Å². The smallest absolute Gasteiger partial charge is 0.274 e. The summed E-state index contributed by atoms with van der Waals surface area (Å²) in [7, 11) is 1.49. The summed E-state index contributed by atoms with van der Waals surface area (Å²) < 4.78 is 5.26. The largest absolute Gasteiger partial charge is 0.497 e. The fraction of sp³-hybridized carbons (Fsp3) is 0.176. The highest BCUT2D eigenvalue weighted by molar-refractivity contribution is 6.34. The van der Waals surface area contributed by atoms with Crippen LogP contribution in [0.2, 0.25) is 5.02 Å². The third-order valence-corrected chi connectivity index (χ3v) is 9.02. The van der Waals surface area contributed by atoms with E-state index in [9.17, 15) is 19.2 Å². The number of carbonyl (C=O) groups excluding carboxylic acids is 4. The summed E-state index contributed by atoms with van der Waals surface area (Å²) in [6.07, 6.45) is 0. The third kappa shape index (κ3) is 3.80. The maximum Gasteiger partial charge on any atom is 0.274 e. The molecule has 1 aliphatic heterocycles. The summed E-state index contributed by atoms with van der Waals surface area (Å²) in [4.78, 5) is 56.4. The molecule has 0 saturated carbocycles. The van der Waals surface area contributed by atoms with Crippen LogP contribution in [0.15, 0.2) is 97.1 Å². The van der Waals surface area contributed by atoms with Crippen molar-refractivity contribution in [1.82, 2.24) is 10.0 Å². The molecule has 42 heavy (non-hydrogen) atoms. The zero-order valence-corrected chi connectivity index (χ0v) is 23.3. The number of nitrogens with zero attached hydrogens (tertiary/aromatic N) is 2. The molecule has 1 saturated heterocycles. The van der Waals surface area contributed by atoms with Crippen LogP contribution in [0.4, 0.5) is 0 Å². The molecular weight excluding hydrogens is 552 g/mol. The second-order valence-electron chi connectivity index (χ2n) is 10.8. The van der Waals surface area contributed by atoms with Gasteiger partial charge in [-0.05, 0) is 46.5 Å². The van der Waals surface area contributed by atoms with E-state index in [4.69, 9.17) is 16.3 Å². The molecule has 0 N–H and O–H groups in total. The number of ether oxygens (including phenoxy) is 1. The minimum Gasteiger partial charge on any atom is -0.497 e. The maximum atomic E-state index is 14.4. The van der Waals surface area contributed by atoms with Crippen molar-refractivity contribution < 1.29 is 23.9 Å². The summed E-state index contributed by atoms with van der Waals surface area (Å²) in [6, 6.07) is 28.7. The minimum absolute atomic E-state index is 0.0858. The second-order valence-corrected chi connectivity index (χ2v) is 11.2. The van der Waals surface area contributed by atoms with Gasteiger partial charge in [0.15, 0.2) is 5.78 Å². The zero-order valence-electron chi connectivity index (χ0n) is 22.6. The van der Waals surface area contributed by atoms with Crippen molar-refractivity contribution in [2.24, 2.45) is 11.8 Å². The van der Waals surface area contributed by atoms with Crippen LogP contribution in [0.3, 0.4) is 0 Å². The fourth-order valence-electron chi connectivity index (χ4n) is 6.93. The molecule has 0 spiro atoms. The first-order valence-corrected chi connectivity index (χ1v) is 14.1. The van der Waals surface area contributed by atoms with Gasteiger partial charge in [-0.2, -0.15) is 5.01 Å². The molecular formula is C34H25ClN2O5. The van der Waals surface area contributed by atoms with Crippen LogP contribution in [-0.4, -0.2) is 47.2 Å². The lowest BCUT2D eigenvalue weighted by Crippen LogP contribution is -2.52. The third-order valence-electron chi connectivity index (χ3n) is 8.69. The topological polar surface area (TPSA) is 84.0 Å². The van der Waals surface area contributed by atoms with Gasteiger partial charge in [0, 0.05) is 17.4 Å². The van der Waals surface area contributed by atoms with Crippen LogP contribution < -0.4 is 4.74 Å². The quantitative estimate of drug-likeness (QED) is 0.224. The first kappa shape index (κ1) is 26.2. The van der Waals surface area contributed by atoms with Crippen LogP contribution >= 0.6 is 11.6 Å². The standard InChI is InChI=1S/C34H25ClN2O5/c1-42-20-10-8-9-19(17-20)27(38)18-36(32(39)25-15-6-7-16-26(25)35)37-33(40)30-28-21-11-2-3-12-22(21)29(31(30)34(37)41)24-14-5-4-13-23(24)28/h2-17,28-31H,18H2,1H3/t28?,29?,30-,31+. The molecule has 8 rings (SSSR count). The van der Waals surface area contributed by atoms with Gasteiger partial charge >= 0.3 is 0 Å². The van der Waals surface area contributed by atoms with Crippen molar-refractivity contribution >= 4 is 35.1 Å². The SMILES string of the molecule is COc1cccc(C(=O)CN(C(=O)c2ccccc2Cl)N2C(=O)[C@@H]3C4c5ccccc5C(c5ccccc54)[C@@H]3C2=O)c1. The molecule has 0 radical (unpaired) electrons. The molecule has 7 nitrogen and oxygen atoms in total. The molecule has 0 unspecified atom stereocenters. The number of Topliss-reactive ketones (excluding diaryl/α,β-unsaturated/α-hetero) is 1. The molecule has 4 aliphatic rings. The van der Waals surface area contributed by atoms with E-state index in [2.05, 4.69) is 0 Å². The number of ketones is 1. The van der Waals surface area contributed by atoms with E-state index in [0.717, 1.165) is 32.3 Å². The van der Waals surface area contributed by atoms with Gasteiger partial charge in [-0.1, -0.05) is 84.4 Å². The van der Waals surface area contributed by atoms with Gasteiger partial charge in [-0.3, -0.25) is 19.2 Å². The summed E-state index contributed by atoms with van der Waals surface area (Å²) in [6.45, 7) is -0.538. The van der Waals surface area contributed by atoms with E-state index < -0.39 is 41.9 Å². The second kappa shape index (κ2) is 9.96. The van der Waals surface area contributed by atoms with Crippen LogP contribution in [0, 0.1) is 11.8 Å². The number of hydrogen-bond donors (Lipinski definition) is 0. The van der Waals surface area contributed by atoms with E-state index in [0.29, 0.717) is 5.75 Å². The van der Waals surface area contributed by atoms with Crippen molar-refractivity contribution in [2.75, 3.05) is 13.7 Å². The van der Waals surface area contributed by atoms with Gasteiger partial charge in [0.25, 0.3) is 17.7 Å². The molecule has 208 valence electrons. The molecule has 4 aromatic carbocycles. The number of methoxy groups -OCH3 is 1. The van der Waals surface area contributed by atoms with Crippen molar-refractivity contribution in [3.63, 3.8) is 0 Å². The highest BCUT2D eigenvalue weighted by Gasteiger charge is 2.63. The molecule has 8 heteroatoms. The molecule has 1 heterocycles. The average Bonchev–Trinajstić information content (AvgIpc) is 3.29. The van der Waals surface area contributed by atoms with E-state index in [-0.39, 0.29) is 28.0 Å². The Hall–Kier alpha value is -4.75. The predicted octanol–water partition coefficient (Wildman–Crippen LogP) is 5.48. The van der Waals surface area contributed by atoms with Gasteiger partial charge in [-0.25, -0.2) is 5.01 Å². The zero-order chi connectivity index (χ0) is 29.1. The molecule has 2 bridgehead atoms. The molecule has 0 aromatic heterocycles. The van der Waals surface area contributed by atoms with Crippen LogP contribution in [0.25, 0.3) is 0 Å². The molecule has 3 aliphatic carbocycles. The van der Waals surface area contributed by atoms with Crippen LogP contribution in [-0.2, 0) is 9.59 Å². The number of imide groups is 1. The Balaban J connectivity index is 1.33. The van der Waals surface area contributed by atoms with Crippen LogP contribution in [0.1, 0.15) is 54.8 Å². The van der Waals surface area contributed by atoms with E-state index in [1.54, 1.807) is 42.5 Å². The highest BCUT2D eigenvalue weighted by atomic mass is 35.5. The summed E-state index contributed by atoms with van der Waals surface area (Å²) in [5, 5.41) is 2.04. The Morgan fingerprint density at radius 2 is 1.29 bits per heavy atom. The summed E-state index contributed by atoms with van der Waals surface area (Å²) >= 11 is 6.40.